The average molecular weight is 547 g/mol. The summed E-state index contributed by atoms with van der Waals surface area (Å²) in [5.41, 5.74) is 0.765. The zero-order chi connectivity index (χ0) is 25.3. The molecule has 0 fully saturated rings. The summed E-state index contributed by atoms with van der Waals surface area (Å²) in [6.07, 6.45) is 2.75. The van der Waals surface area contributed by atoms with Gasteiger partial charge in [-0.2, -0.15) is 18.6 Å². The number of halogens is 2. The van der Waals surface area contributed by atoms with Crippen molar-refractivity contribution in [1.82, 2.24) is 24.1 Å². The standard InChI is InChI=1S/C19H20ClFN6O4S.C2H6.H2S/c1-11(13-6-5-7-22-17(13)20)29-19(28)25-18-14(10-24-27(18)4)16-15(21)8-12(9-23-16)30-31-32-26(2)3;1-2;/h5-11H,1-4H3,(H,25,28);1-2H3;1H2. The van der Waals surface area contributed by atoms with E-state index in [1.807, 2.05) is 13.8 Å². The fraction of sp³-hybridized carbons (Fsp3) is 0.333. The van der Waals surface area contributed by atoms with Crippen molar-refractivity contribution in [1.29, 1.82) is 0 Å². The minimum Gasteiger partial charge on any atom is -0.441 e. The van der Waals surface area contributed by atoms with E-state index in [9.17, 15) is 9.18 Å². The second kappa shape index (κ2) is 14.7. The van der Waals surface area contributed by atoms with Crippen LogP contribution in [0.15, 0.2) is 36.8 Å². The van der Waals surface area contributed by atoms with Gasteiger partial charge >= 0.3 is 6.09 Å². The van der Waals surface area contributed by atoms with E-state index in [4.69, 9.17) is 25.6 Å². The fourth-order valence-corrected chi connectivity index (χ4v) is 3.09. The molecule has 0 bridgehead atoms. The van der Waals surface area contributed by atoms with Crippen LogP contribution in [0, 0.1) is 5.82 Å². The molecule has 3 aromatic heterocycles. The van der Waals surface area contributed by atoms with E-state index in [2.05, 4.69) is 20.4 Å². The van der Waals surface area contributed by atoms with Crippen molar-refractivity contribution in [2.24, 2.45) is 7.05 Å². The number of anilines is 1. The van der Waals surface area contributed by atoms with E-state index in [1.165, 1.54) is 23.3 Å². The van der Waals surface area contributed by atoms with Crippen molar-refractivity contribution in [3.05, 3.63) is 53.3 Å². The highest BCUT2D eigenvalue weighted by atomic mass is 35.5. The molecule has 1 unspecified atom stereocenters. The number of hydrogen-bond acceptors (Lipinski definition) is 9. The number of ether oxygens (including phenoxy) is 1. The van der Waals surface area contributed by atoms with Crippen LogP contribution in [0.1, 0.15) is 32.4 Å². The van der Waals surface area contributed by atoms with Gasteiger partial charge in [-0.25, -0.2) is 23.5 Å². The number of pyridine rings is 2. The average Bonchev–Trinajstić information content (AvgIpc) is 3.15. The third-order valence-electron chi connectivity index (χ3n) is 4.05. The number of aromatic nitrogens is 4. The molecule has 1 N–H and O–H groups in total. The molecule has 35 heavy (non-hydrogen) atoms. The van der Waals surface area contributed by atoms with Gasteiger partial charge in [0.05, 0.1) is 18.0 Å². The largest absolute Gasteiger partial charge is 0.441 e. The highest BCUT2D eigenvalue weighted by molar-refractivity contribution is 7.92. The van der Waals surface area contributed by atoms with Crippen LogP contribution in [0.4, 0.5) is 15.0 Å². The summed E-state index contributed by atoms with van der Waals surface area (Å²) in [4.78, 5) is 25.5. The second-order valence-electron chi connectivity index (χ2n) is 6.63. The molecule has 0 aliphatic rings. The van der Waals surface area contributed by atoms with Gasteiger partial charge < -0.3 is 9.62 Å². The Kier molecular flexibility index (Phi) is 12.8. The zero-order valence-electron chi connectivity index (χ0n) is 20.1. The summed E-state index contributed by atoms with van der Waals surface area (Å²) in [6.45, 7) is 5.66. The van der Waals surface area contributed by atoms with Crippen molar-refractivity contribution in [2.45, 2.75) is 26.9 Å². The lowest BCUT2D eigenvalue weighted by Gasteiger charge is -2.15. The first kappa shape index (κ1) is 30.5. The lowest BCUT2D eigenvalue weighted by Crippen LogP contribution is -2.18. The Balaban J connectivity index is 0.00000199. The molecule has 3 heterocycles. The van der Waals surface area contributed by atoms with Crippen LogP contribution in [0.25, 0.3) is 11.3 Å². The van der Waals surface area contributed by atoms with E-state index < -0.39 is 18.0 Å². The molecule has 3 rings (SSSR count). The van der Waals surface area contributed by atoms with Gasteiger partial charge in [0.1, 0.15) is 35.0 Å². The number of carbonyl (C=O) groups is 1. The van der Waals surface area contributed by atoms with E-state index in [0.717, 1.165) is 18.3 Å². The summed E-state index contributed by atoms with van der Waals surface area (Å²) in [7, 11) is 5.09. The molecule has 1 amide bonds. The zero-order valence-corrected chi connectivity index (χ0v) is 22.6. The number of amides is 1. The predicted molar refractivity (Wildman–Crippen MR) is 139 cm³/mol. The van der Waals surface area contributed by atoms with Crippen molar-refractivity contribution < 1.29 is 23.1 Å². The van der Waals surface area contributed by atoms with Crippen LogP contribution < -0.4 is 10.2 Å². The Labute approximate surface area is 219 Å². The molecular weight excluding hydrogens is 519 g/mol. The van der Waals surface area contributed by atoms with Crippen LogP contribution in [0.3, 0.4) is 0 Å². The summed E-state index contributed by atoms with van der Waals surface area (Å²) in [6, 6.07) is 4.50. The Morgan fingerprint density at radius 1 is 1.29 bits per heavy atom. The quantitative estimate of drug-likeness (QED) is 0.128. The van der Waals surface area contributed by atoms with Gasteiger partial charge in [0, 0.05) is 24.9 Å². The molecule has 0 aliphatic carbocycles. The van der Waals surface area contributed by atoms with Crippen LogP contribution >= 0.6 is 37.3 Å². The number of aryl methyl sites for hydroxylation is 1. The first-order valence-corrected chi connectivity index (χ1v) is 11.3. The van der Waals surface area contributed by atoms with Crippen LogP contribution in [0.2, 0.25) is 5.15 Å². The molecule has 0 radical (unpaired) electrons. The summed E-state index contributed by atoms with van der Waals surface area (Å²) in [5, 5.41) is 6.88. The first-order chi connectivity index (χ1) is 16.3. The minimum absolute atomic E-state index is 0. The molecule has 0 saturated heterocycles. The van der Waals surface area contributed by atoms with Crippen LogP contribution in [0.5, 0.6) is 5.75 Å². The molecule has 10 nitrogen and oxygen atoms in total. The molecular formula is C21H28ClFN6O4S2. The number of carbonyl (C=O) groups excluding carboxylic acids is 1. The molecule has 3 aromatic rings. The van der Waals surface area contributed by atoms with E-state index in [-0.39, 0.29) is 41.5 Å². The molecule has 0 spiro atoms. The Bertz CT molecular complexity index is 1110. The topological polar surface area (TPSA) is 104 Å². The van der Waals surface area contributed by atoms with Gasteiger partial charge in [-0.1, -0.05) is 35.8 Å². The highest BCUT2D eigenvalue weighted by Gasteiger charge is 2.21. The van der Waals surface area contributed by atoms with Crippen molar-refractivity contribution in [3.63, 3.8) is 0 Å². The maximum absolute atomic E-state index is 14.7. The molecule has 0 aromatic carbocycles. The normalized spacial score (nSPS) is 11.1. The van der Waals surface area contributed by atoms with Gasteiger partial charge in [0.2, 0.25) is 0 Å². The number of hydrogen-bond donors (Lipinski definition) is 1. The van der Waals surface area contributed by atoms with E-state index in [0.29, 0.717) is 5.56 Å². The van der Waals surface area contributed by atoms with Crippen LogP contribution in [-0.2, 0) is 16.1 Å². The van der Waals surface area contributed by atoms with Gasteiger partial charge in [0.25, 0.3) is 0 Å². The minimum atomic E-state index is -0.781. The van der Waals surface area contributed by atoms with E-state index >= 15 is 0 Å². The van der Waals surface area contributed by atoms with Crippen molar-refractivity contribution in [2.75, 3.05) is 19.4 Å². The summed E-state index contributed by atoms with van der Waals surface area (Å²) in [5.74, 6) is -0.430. The summed E-state index contributed by atoms with van der Waals surface area (Å²) >= 11 is 6.97. The second-order valence-corrected chi connectivity index (χ2v) is 8.00. The number of rotatable bonds is 8. The monoisotopic (exact) mass is 546 g/mol. The van der Waals surface area contributed by atoms with E-state index in [1.54, 1.807) is 44.5 Å². The first-order valence-electron chi connectivity index (χ1n) is 10.2. The summed E-state index contributed by atoms with van der Waals surface area (Å²) < 4.78 is 28.0. The number of nitrogens with one attached hydrogen (secondary N) is 1. The maximum Gasteiger partial charge on any atom is 0.413 e. The van der Waals surface area contributed by atoms with Crippen molar-refractivity contribution >= 4 is 49.2 Å². The Morgan fingerprint density at radius 3 is 2.63 bits per heavy atom. The van der Waals surface area contributed by atoms with Crippen molar-refractivity contribution in [3.8, 4) is 17.0 Å². The third kappa shape index (κ3) is 8.54. The van der Waals surface area contributed by atoms with Gasteiger partial charge in [-0.15, -0.1) is 0 Å². The fourth-order valence-electron chi connectivity index (χ4n) is 2.59. The maximum atomic E-state index is 14.7. The molecule has 0 saturated carbocycles. The molecule has 1 atom stereocenters. The molecule has 14 heteroatoms. The Hall–Kier alpha value is -2.58. The lowest BCUT2D eigenvalue weighted by molar-refractivity contribution is -0.0819. The van der Waals surface area contributed by atoms with Gasteiger partial charge in [-0.3, -0.25) is 10.00 Å². The highest BCUT2D eigenvalue weighted by Crippen LogP contribution is 2.31. The SMILES string of the molecule is CC.CC(OC(=O)Nc1c(-c2ncc(OOSN(C)C)cc2F)cnn1C)c1cccnc1Cl.S. The van der Waals surface area contributed by atoms with Gasteiger partial charge in [-0.05, 0) is 27.1 Å². The molecule has 0 aliphatic heterocycles. The Morgan fingerprint density at radius 2 is 2.00 bits per heavy atom. The third-order valence-corrected chi connectivity index (χ3v) is 4.79. The van der Waals surface area contributed by atoms with Crippen LogP contribution in [-0.4, -0.2) is 44.2 Å². The molecule has 192 valence electrons. The lowest BCUT2D eigenvalue weighted by atomic mass is 10.2. The smallest absolute Gasteiger partial charge is 0.413 e. The van der Waals surface area contributed by atoms with Gasteiger partial charge in [0.15, 0.2) is 11.6 Å². The number of nitrogens with zero attached hydrogens (tertiary/aromatic N) is 5. The predicted octanol–water partition coefficient (Wildman–Crippen LogP) is 5.55.